The highest BCUT2D eigenvalue weighted by Gasteiger charge is 2.11. The molecule has 132 valence electrons. The van der Waals surface area contributed by atoms with E-state index >= 15 is 0 Å². The molecule has 0 saturated heterocycles. The van der Waals surface area contributed by atoms with Gasteiger partial charge < -0.3 is 14.5 Å². The first-order valence-corrected chi connectivity index (χ1v) is 8.12. The van der Waals surface area contributed by atoms with E-state index in [0.29, 0.717) is 17.2 Å². The van der Waals surface area contributed by atoms with Crippen molar-refractivity contribution in [1.29, 1.82) is 0 Å². The van der Waals surface area contributed by atoms with Crippen LogP contribution >= 0.6 is 0 Å². The number of aryl methyl sites for hydroxylation is 1. The van der Waals surface area contributed by atoms with Crippen LogP contribution in [-0.2, 0) is 16.1 Å². The van der Waals surface area contributed by atoms with Crippen molar-refractivity contribution in [3.05, 3.63) is 77.8 Å². The zero-order valence-corrected chi connectivity index (χ0v) is 14.3. The summed E-state index contributed by atoms with van der Waals surface area (Å²) in [4.78, 5) is 27.9. The number of carbonyl (C=O) groups excluding carboxylic acids is 2. The van der Waals surface area contributed by atoms with E-state index in [0.717, 1.165) is 11.1 Å². The van der Waals surface area contributed by atoms with Crippen molar-refractivity contribution in [2.24, 2.45) is 0 Å². The molecule has 1 N–H and O–H groups in total. The number of oxazole rings is 1. The van der Waals surface area contributed by atoms with Crippen molar-refractivity contribution in [3.63, 3.8) is 0 Å². The molecule has 26 heavy (non-hydrogen) atoms. The van der Waals surface area contributed by atoms with Crippen molar-refractivity contribution in [2.45, 2.75) is 13.5 Å². The maximum Gasteiger partial charge on any atom is 0.325 e. The van der Waals surface area contributed by atoms with Gasteiger partial charge in [0.25, 0.3) is 5.91 Å². The molecule has 0 atom stereocenters. The minimum Gasteiger partial charge on any atom is -0.454 e. The Labute approximate surface area is 150 Å². The molecule has 0 aliphatic heterocycles. The van der Waals surface area contributed by atoms with Gasteiger partial charge in [0.1, 0.15) is 6.54 Å². The van der Waals surface area contributed by atoms with E-state index in [1.165, 1.54) is 0 Å². The predicted octanol–water partition coefficient (Wildman–Crippen LogP) is 3.12. The van der Waals surface area contributed by atoms with Gasteiger partial charge in [0.05, 0.1) is 6.20 Å². The van der Waals surface area contributed by atoms with E-state index in [4.69, 9.17) is 9.15 Å². The Morgan fingerprint density at radius 3 is 2.69 bits per heavy atom. The summed E-state index contributed by atoms with van der Waals surface area (Å²) in [5.74, 6) is 0.00483. The number of aromatic nitrogens is 1. The second kappa shape index (κ2) is 8.11. The van der Waals surface area contributed by atoms with Crippen molar-refractivity contribution >= 4 is 11.9 Å². The van der Waals surface area contributed by atoms with E-state index < -0.39 is 5.97 Å². The fourth-order valence-electron chi connectivity index (χ4n) is 2.35. The van der Waals surface area contributed by atoms with Crippen LogP contribution in [0.25, 0.3) is 11.3 Å². The van der Waals surface area contributed by atoms with Gasteiger partial charge in [-0.25, -0.2) is 4.98 Å². The molecule has 0 fully saturated rings. The van der Waals surface area contributed by atoms with Gasteiger partial charge >= 0.3 is 5.97 Å². The molecule has 0 radical (unpaired) electrons. The first-order chi connectivity index (χ1) is 12.6. The third-order valence-corrected chi connectivity index (χ3v) is 3.64. The lowest BCUT2D eigenvalue weighted by atomic mass is 10.1. The second-order valence-electron chi connectivity index (χ2n) is 5.70. The van der Waals surface area contributed by atoms with Gasteiger partial charge in [-0.2, -0.15) is 0 Å². The lowest BCUT2D eigenvalue weighted by Gasteiger charge is -2.06. The molecule has 3 rings (SSSR count). The highest BCUT2D eigenvalue weighted by Crippen LogP contribution is 2.19. The van der Waals surface area contributed by atoms with E-state index in [1.807, 2.05) is 43.3 Å². The van der Waals surface area contributed by atoms with E-state index in [9.17, 15) is 9.59 Å². The normalized spacial score (nSPS) is 10.3. The van der Waals surface area contributed by atoms with Crippen LogP contribution in [0.5, 0.6) is 0 Å². The molecule has 0 unspecified atom stereocenters. The Bertz CT molecular complexity index is 903. The standard InChI is InChI=1S/C20H18N2O4/c1-14-6-5-9-16(10-14)20(24)22-12-19(23)25-13-18-21-11-17(26-18)15-7-3-2-4-8-15/h2-11H,12-13H2,1H3,(H,22,24). The first kappa shape index (κ1) is 17.4. The van der Waals surface area contributed by atoms with Crippen LogP contribution in [0.4, 0.5) is 0 Å². The van der Waals surface area contributed by atoms with Crippen molar-refractivity contribution in [2.75, 3.05) is 6.54 Å². The van der Waals surface area contributed by atoms with Crippen LogP contribution in [0, 0.1) is 6.92 Å². The zero-order chi connectivity index (χ0) is 18.4. The van der Waals surface area contributed by atoms with Crippen LogP contribution in [0.15, 0.2) is 65.2 Å². The van der Waals surface area contributed by atoms with E-state index in [2.05, 4.69) is 10.3 Å². The maximum absolute atomic E-state index is 12.0. The lowest BCUT2D eigenvalue weighted by Crippen LogP contribution is -2.30. The average Bonchev–Trinajstić information content (AvgIpc) is 3.14. The third-order valence-electron chi connectivity index (χ3n) is 3.64. The molecular formula is C20H18N2O4. The molecule has 0 aliphatic rings. The Kier molecular flexibility index (Phi) is 5.43. The minimum atomic E-state index is -0.564. The van der Waals surface area contributed by atoms with Crippen LogP contribution in [0.1, 0.15) is 21.8 Å². The van der Waals surface area contributed by atoms with E-state index in [1.54, 1.807) is 24.4 Å². The summed E-state index contributed by atoms with van der Waals surface area (Å²) in [6, 6.07) is 16.6. The molecule has 1 heterocycles. The number of benzene rings is 2. The molecule has 1 aromatic heterocycles. The van der Waals surface area contributed by atoms with Crippen molar-refractivity contribution < 1.29 is 18.7 Å². The number of ether oxygens (including phenoxy) is 1. The summed E-state index contributed by atoms with van der Waals surface area (Å²) in [5, 5.41) is 2.53. The van der Waals surface area contributed by atoms with E-state index in [-0.39, 0.29) is 19.1 Å². The Balaban J connectivity index is 1.47. The van der Waals surface area contributed by atoms with Crippen LogP contribution in [0.3, 0.4) is 0 Å². The summed E-state index contributed by atoms with van der Waals surface area (Å²) in [7, 11) is 0. The summed E-state index contributed by atoms with van der Waals surface area (Å²) in [6.07, 6.45) is 1.58. The second-order valence-corrected chi connectivity index (χ2v) is 5.70. The summed E-state index contributed by atoms with van der Waals surface area (Å²) >= 11 is 0. The Hall–Kier alpha value is -3.41. The largest absolute Gasteiger partial charge is 0.454 e. The Morgan fingerprint density at radius 1 is 1.12 bits per heavy atom. The van der Waals surface area contributed by atoms with Gasteiger partial charge in [0, 0.05) is 11.1 Å². The summed E-state index contributed by atoms with van der Waals surface area (Å²) in [6.45, 7) is 1.58. The highest BCUT2D eigenvalue weighted by molar-refractivity contribution is 5.96. The fourth-order valence-corrected chi connectivity index (χ4v) is 2.35. The maximum atomic E-state index is 12.0. The first-order valence-electron chi connectivity index (χ1n) is 8.12. The number of rotatable bonds is 6. The van der Waals surface area contributed by atoms with Crippen LogP contribution < -0.4 is 5.32 Å². The van der Waals surface area contributed by atoms with Gasteiger partial charge in [-0.05, 0) is 19.1 Å². The highest BCUT2D eigenvalue weighted by atomic mass is 16.5. The molecule has 6 heteroatoms. The smallest absolute Gasteiger partial charge is 0.325 e. The number of hydrogen-bond donors (Lipinski definition) is 1. The molecule has 0 saturated carbocycles. The number of amides is 1. The van der Waals surface area contributed by atoms with Gasteiger partial charge in [0.2, 0.25) is 5.89 Å². The molecule has 2 aromatic carbocycles. The molecule has 3 aromatic rings. The number of hydrogen-bond acceptors (Lipinski definition) is 5. The van der Waals surface area contributed by atoms with Gasteiger partial charge in [0.15, 0.2) is 12.4 Å². The SMILES string of the molecule is Cc1cccc(C(=O)NCC(=O)OCc2ncc(-c3ccccc3)o2)c1. The van der Waals surface area contributed by atoms with Gasteiger partial charge in [-0.3, -0.25) is 9.59 Å². The molecule has 0 aliphatic carbocycles. The van der Waals surface area contributed by atoms with Gasteiger partial charge in [-0.15, -0.1) is 0 Å². The topological polar surface area (TPSA) is 81.4 Å². The number of nitrogens with zero attached hydrogens (tertiary/aromatic N) is 1. The summed E-state index contributed by atoms with van der Waals surface area (Å²) in [5.41, 5.74) is 2.36. The van der Waals surface area contributed by atoms with Gasteiger partial charge in [-0.1, -0.05) is 48.0 Å². The van der Waals surface area contributed by atoms with Crippen LogP contribution in [0.2, 0.25) is 0 Å². The molecule has 1 amide bonds. The molecular weight excluding hydrogens is 332 g/mol. The fraction of sp³-hybridized carbons (Fsp3) is 0.150. The zero-order valence-electron chi connectivity index (χ0n) is 14.3. The van der Waals surface area contributed by atoms with Crippen molar-refractivity contribution in [1.82, 2.24) is 10.3 Å². The molecule has 0 bridgehead atoms. The number of carbonyl (C=O) groups is 2. The molecule has 6 nitrogen and oxygen atoms in total. The predicted molar refractivity (Wildman–Crippen MR) is 95.2 cm³/mol. The Morgan fingerprint density at radius 2 is 1.92 bits per heavy atom. The van der Waals surface area contributed by atoms with Crippen LogP contribution in [-0.4, -0.2) is 23.4 Å². The summed E-state index contributed by atoms with van der Waals surface area (Å²) < 4.78 is 10.6. The molecule has 0 spiro atoms. The number of nitrogens with one attached hydrogen (secondary N) is 1. The average molecular weight is 350 g/mol. The monoisotopic (exact) mass is 350 g/mol. The minimum absolute atomic E-state index is 0.0913. The van der Waals surface area contributed by atoms with Crippen molar-refractivity contribution in [3.8, 4) is 11.3 Å². The number of esters is 1. The third kappa shape index (κ3) is 4.57. The quantitative estimate of drug-likeness (QED) is 0.691. The lowest BCUT2D eigenvalue weighted by molar-refractivity contribution is -0.144.